The number of nitrogens with zero attached hydrogens (tertiary/aromatic N) is 4. The molecular formula is C29H30FN5O2. The summed E-state index contributed by atoms with van der Waals surface area (Å²) in [5, 5.41) is 7.21. The molecule has 7 nitrogen and oxygen atoms in total. The highest BCUT2D eigenvalue weighted by Gasteiger charge is 2.40. The van der Waals surface area contributed by atoms with Crippen LogP contribution in [0.4, 0.5) is 4.39 Å². The molecule has 3 heterocycles. The van der Waals surface area contributed by atoms with Crippen molar-refractivity contribution >= 4 is 17.5 Å². The number of alkyl halides is 1. The van der Waals surface area contributed by atoms with Crippen LogP contribution in [0.5, 0.6) is 0 Å². The van der Waals surface area contributed by atoms with E-state index in [9.17, 15) is 14.0 Å². The minimum Gasteiger partial charge on any atom is -0.343 e. The van der Waals surface area contributed by atoms with Gasteiger partial charge in [0.2, 0.25) is 11.8 Å². The predicted octanol–water partition coefficient (Wildman–Crippen LogP) is 4.24. The molecule has 0 bridgehead atoms. The third kappa shape index (κ3) is 5.38. The standard InChI is InChI=1S/C29H30FN5O2/c1-19(2)21-9-11-23(12-10-21)28(22-6-4-3-5-7-22)33-29(37)25-15-24(30)17-34(25)27(36)14-20-8-13-26-31-18-32-35(26)16-20/h3-13,16,18-19,24-25,28H,14-15,17H2,1-2H3,(H,33,37)/t24-,25+,28+/m1/s1. The molecule has 1 N–H and O–H groups in total. The molecule has 190 valence electrons. The highest BCUT2D eigenvalue weighted by Crippen LogP contribution is 2.27. The van der Waals surface area contributed by atoms with Crippen molar-refractivity contribution in [2.24, 2.45) is 0 Å². The van der Waals surface area contributed by atoms with Crippen molar-refractivity contribution in [3.8, 4) is 0 Å². The first-order valence-corrected chi connectivity index (χ1v) is 12.6. The van der Waals surface area contributed by atoms with Crippen molar-refractivity contribution < 1.29 is 14.0 Å². The average molecular weight is 500 g/mol. The number of nitrogens with one attached hydrogen (secondary N) is 1. The van der Waals surface area contributed by atoms with Gasteiger partial charge in [0, 0.05) is 12.6 Å². The molecule has 1 saturated heterocycles. The van der Waals surface area contributed by atoms with E-state index in [1.54, 1.807) is 22.8 Å². The molecule has 2 aromatic heterocycles. The Labute approximate surface area is 215 Å². The lowest BCUT2D eigenvalue weighted by Gasteiger charge is -2.27. The largest absolute Gasteiger partial charge is 0.343 e. The van der Waals surface area contributed by atoms with Crippen molar-refractivity contribution in [3.05, 3.63) is 102 Å². The molecule has 0 spiro atoms. The molecule has 1 fully saturated rings. The van der Waals surface area contributed by atoms with Crippen LogP contribution in [-0.2, 0) is 16.0 Å². The fourth-order valence-corrected chi connectivity index (χ4v) is 4.87. The first kappa shape index (κ1) is 24.6. The lowest BCUT2D eigenvalue weighted by atomic mass is 9.95. The molecule has 0 saturated carbocycles. The molecule has 0 radical (unpaired) electrons. The minimum atomic E-state index is -1.25. The van der Waals surface area contributed by atoms with Crippen molar-refractivity contribution in [2.75, 3.05) is 6.54 Å². The van der Waals surface area contributed by atoms with Gasteiger partial charge >= 0.3 is 0 Å². The van der Waals surface area contributed by atoms with E-state index in [-0.39, 0.29) is 31.2 Å². The lowest BCUT2D eigenvalue weighted by molar-refractivity contribution is -0.138. The lowest BCUT2D eigenvalue weighted by Crippen LogP contribution is -2.47. The molecule has 8 heteroatoms. The number of pyridine rings is 1. The highest BCUT2D eigenvalue weighted by atomic mass is 19.1. The van der Waals surface area contributed by atoms with E-state index in [0.29, 0.717) is 11.6 Å². The van der Waals surface area contributed by atoms with E-state index in [1.165, 1.54) is 16.8 Å². The predicted molar refractivity (Wildman–Crippen MR) is 139 cm³/mol. The maximum absolute atomic E-state index is 14.6. The fourth-order valence-electron chi connectivity index (χ4n) is 4.87. The summed E-state index contributed by atoms with van der Waals surface area (Å²) in [6.07, 6.45) is 1.94. The van der Waals surface area contributed by atoms with E-state index in [1.807, 2.05) is 42.5 Å². The number of rotatable bonds is 7. The number of aromatic nitrogens is 3. The van der Waals surface area contributed by atoms with Crippen molar-refractivity contribution in [1.29, 1.82) is 0 Å². The number of hydrogen-bond donors (Lipinski definition) is 1. The second kappa shape index (κ2) is 10.5. The highest BCUT2D eigenvalue weighted by molar-refractivity contribution is 5.89. The summed E-state index contributed by atoms with van der Waals surface area (Å²) in [6, 6.07) is 20.1. The zero-order chi connectivity index (χ0) is 25.9. The van der Waals surface area contributed by atoms with E-state index in [0.717, 1.165) is 16.7 Å². The van der Waals surface area contributed by atoms with Crippen LogP contribution in [0.15, 0.2) is 79.3 Å². The van der Waals surface area contributed by atoms with Crippen molar-refractivity contribution in [2.45, 2.75) is 50.9 Å². The van der Waals surface area contributed by atoms with E-state index < -0.39 is 18.3 Å². The second-order valence-electron chi connectivity index (χ2n) is 9.85. The molecule has 2 amide bonds. The summed E-state index contributed by atoms with van der Waals surface area (Å²) in [5.74, 6) is -0.261. The maximum Gasteiger partial charge on any atom is 0.243 e. The third-order valence-electron chi connectivity index (χ3n) is 6.92. The van der Waals surface area contributed by atoms with Crippen LogP contribution in [0, 0.1) is 0 Å². The summed E-state index contributed by atoms with van der Waals surface area (Å²) in [5.41, 5.74) is 4.45. The molecule has 3 atom stereocenters. The molecule has 1 aliphatic heterocycles. The van der Waals surface area contributed by atoms with Crippen LogP contribution < -0.4 is 5.32 Å². The van der Waals surface area contributed by atoms with Crippen LogP contribution in [0.25, 0.3) is 5.65 Å². The van der Waals surface area contributed by atoms with Crippen molar-refractivity contribution in [1.82, 2.24) is 24.8 Å². The molecule has 0 aliphatic carbocycles. The number of carbonyl (C=O) groups is 2. The van der Waals surface area contributed by atoms with Gasteiger partial charge in [0.1, 0.15) is 18.5 Å². The molecule has 2 aromatic carbocycles. The van der Waals surface area contributed by atoms with Crippen LogP contribution in [0.3, 0.4) is 0 Å². The Morgan fingerprint density at radius 2 is 1.70 bits per heavy atom. The Bertz CT molecular complexity index is 1390. The van der Waals surface area contributed by atoms with Crippen LogP contribution in [0.1, 0.15) is 54.5 Å². The van der Waals surface area contributed by atoms with Gasteiger partial charge in [0.05, 0.1) is 19.0 Å². The first-order valence-electron chi connectivity index (χ1n) is 12.6. The summed E-state index contributed by atoms with van der Waals surface area (Å²) in [6.45, 7) is 4.17. The molecular weight excluding hydrogens is 469 g/mol. The van der Waals surface area contributed by atoms with Crippen LogP contribution in [-0.4, -0.2) is 50.1 Å². The Morgan fingerprint density at radius 1 is 1.00 bits per heavy atom. The third-order valence-corrected chi connectivity index (χ3v) is 6.92. The van der Waals surface area contributed by atoms with Gasteiger partial charge in [-0.25, -0.2) is 13.9 Å². The fraction of sp³-hybridized carbons (Fsp3) is 0.310. The van der Waals surface area contributed by atoms with E-state index >= 15 is 0 Å². The van der Waals surface area contributed by atoms with Gasteiger partial charge in [0.15, 0.2) is 5.65 Å². The topological polar surface area (TPSA) is 79.6 Å². The molecule has 37 heavy (non-hydrogen) atoms. The van der Waals surface area contributed by atoms with Gasteiger partial charge in [-0.2, -0.15) is 5.10 Å². The zero-order valence-corrected chi connectivity index (χ0v) is 20.9. The van der Waals surface area contributed by atoms with Gasteiger partial charge in [-0.05, 0) is 34.2 Å². The summed E-state index contributed by atoms with van der Waals surface area (Å²) >= 11 is 0. The van der Waals surface area contributed by atoms with Crippen LogP contribution >= 0.6 is 0 Å². The van der Waals surface area contributed by atoms with E-state index in [2.05, 4.69) is 41.4 Å². The Morgan fingerprint density at radius 3 is 2.43 bits per heavy atom. The van der Waals surface area contributed by atoms with Gasteiger partial charge < -0.3 is 10.2 Å². The second-order valence-corrected chi connectivity index (χ2v) is 9.85. The smallest absolute Gasteiger partial charge is 0.243 e. The number of benzene rings is 2. The van der Waals surface area contributed by atoms with Gasteiger partial charge in [0.25, 0.3) is 0 Å². The summed E-state index contributed by atoms with van der Waals surface area (Å²) in [7, 11) is 0. The number of likely N-dealkylation sites (tertiary alicyclic amines) is 1. The number of halogens is 1. The minimum absolute atomic E-state index is 0.0204. The summed E-state index contributed by atoms with van der Waals surface area (Å²) < 4.78 is 16.1. The number of amides is 2. The number of fused-ring (bicyclic) bond motifs is 1. The van der Waals surface area contributed by atoms with Crippen LogP contribution in [0.2, 0.25) is 0 Å². The van der Waals surface area contributed by atoms with E-state index in [4.69, 9.17) is 0 Å². The normalized spacial score (nSPS) is 18.3. The quantitative estimate of drug-likeness (QED) is 0.413. The van der Waals surface area contributed by atoms with Gasteiger partial charge in [-0.3, -0.25) is 9.59 Å². The average Bonchev–Trinajstić information content (AvgIpc) is 3.54. The number of hydrogen-bond acceptors (Lipinski definition) is 4. The molecule has 5 rings (SSSR count). The summed E-state index contributed by atoms with van der Waals surface area (Å²) in [4.78, 5) is 32.2. The SMILES string of the molecule is CC(C)c1ccc([C@@H](NC(=O)[C@@H]2C[C@@H](F)CN2C(=O)Cc2ccc3ncnn3c2)c2ccccc2)cc1. The zero-order valence-electron chi connectivity index (χ0n) is 20.9. The maximum atomic E-state index is 14.6. The van der Waals surface area contributed by atoms with Gasteiger partial charge in [-0.15, -0.1) is 0 Å². The molecule has 4 aromatic rings. The Hall–Kier alpha value is -4.07. The monoisotopic (exact) mass is 499 g/mol. The molecule has 0 unspecified atom stereocenters. The van der Waals surface area contributed by atoms with Gasteiger partial charge in [-0.1, -0.05) is 74.5 Å². The Balaban J connectivity index is 1.36. The first-order chi connectivity index (χ1) is 17.9. The Kier molecular flexibility index (Phi) is 6.99. The molecule has 1 aliphatic rings. The number of carbonyl (C=O) groups excluding carboxylic acids is 2. The van der Waals surface area contributed by atoms with Crippen molar-refractivity contribution in [3.63, 3.8) is 0 Å².